The fourth-order valence-corrected chi connectivity index (χ4v) is 1.69. The van der Waals surface area contributed by atoms with E-state index in [-0.39, 0.29) is 5.97 Å². The van der Waals surface area contributed by atoms with Crippen LogP contribution < -0.4 is 0 Å². The molecule has 0 aliphatic rings. The minimum Gasteiger partial charge on any atom is -0.449 e. The van der Waals surface area contributed by atoms with Crippen LogP contribution in [0.15, 0.2) is 0 Å². The van der Waals surface area contributed by atoms with Crippen LogP contribution in [0.1, 0.15) is 65.7 Å². The van der Waals surface area contributed by atoms with E-state index in [4.69, 9.17) is 4.74 Å². The Hall–Kier alpha value is -0.570. The number of carbonyl (C=O) groups excluding carboxylic acids is 1. The maximum Gasteiger partial charge on any atom is 0.307 e. The summed E-state index contributed by atoms with van der Waals surface area (Å²) < 4.78 is 5.20. The molecule has 0 unspecified atom stereocenters. The summed E-state index contributed by atoms with van der Waals surface area (Å²) in [5, 5.41) is 0. The Morgan fingerprint density at radius 1 is 0.941 bits per heavy atom. The van der Waals surface area contributed by atoms with Gasteiger partial charge in [-0.1, -0.05) is 52.9 Å². The lowest BCUT2D eigenvalue weighted by molar-refractivity contribution is -0.148. The molecule has 0 aromatic rings. The number of hydrogen-bond donors (Lipinski definition) is 0. The Labute approximate surface area is 107 Å². The van der Waals surface area contributed by atoms with E-state index in [0.29, 0.717) is 13.2 Å². The summed E-state index contributed by atoms with van der Waals surface area (Å²) in [6.07, 6.45) is 7.83. The van der Waals surface area contributed by atoms with Gasteiger partial charge in [0, 0.05) is 6.42 Å². The molecular weight excluding hydrogens is 214 g/mol. The summed E-state index contributed by atoms with van der Waals surface area (Å²) in [5.41, 5.74) is 0. The zero-order valence-electron chi connectivity index (χ0n) is 11.8. The van der Waals surface area contributed by atoms with Crippen LogP contribution in [0.2, 0.25) is 0 Å². The Morgan fingerprint density at radius 2 is 1.53 bits per heavy atom. The van der Waals surface area contributed by atoms with Gasteiger partial charge in [0.2, 0.25) is 0 Å². The molecule has 0 aromatic carbocycles. The number of hydrogen-bond acceptors (Lipinski definition) is 3. The van der Waals surface area contributed by atoms with Crippen LogP contribution >= 0.6 is 0 Å². The monoisotopic (exact) mass is 243 g/mol. The molecule has 0 saturated heterocycles. The Balaban J connectivity index is 3.34. The van der Waals surface area contributed by atoms with Crippen LogP contribution in [0.4, 0.5) is 0 Å². The number of rotatable bonds is 11. The van der Waals surface area contributed by atoms with Gasteiger partial charge in [0.25, 0.3) is 0 Å². The summed E-state index contributed by atoms with van der Waals surface area (Å²) in [7, 11) is 0. The molecule has 0 spiro atoms. The van der Waals surface area contributed by atoms with E-state index in [1.54, 1.807) is 0 Å². The van der Waals surface area contributed by atoms with Crippen molar-refractivity contribution in [1.29, 1.82) is 0 Å². The third-order valence-electron chi connectivity index (χ3n) is 3.04. The summed E-state index contributed by atoms with van der Waals surface area (Å²) >= 11 is 0. The lowest BCUT2D eigenvalue weighted by atomic mass is 10.1. The molecule has 0 amide bonds. The first-order valence-corrected chi connectivity index (χ1v) is 7.12. The third-order valence-corrected chi connectivity index (χ3v) is 3.04. The first-order valence-electron chi connectivity index (χ1n) is 7.12. The molecule has 0 fully saturated rings. The molecule has 0 heterocycles. The molecular formula is C14H29NO2. The summed E-state index contributed by atoms with van der Waals surface area (Å²) in [5.74, 6) is -0.0487. The Morgan fingerprint density at radius 3 is 2.12 bits per heavy atom. The van der Waals surface area contributed by atoms with Gasteiger partial charge in [-0.2, -0.15) is 0 Å². The predicted molar refractivity (Wildman–Crippen MR) is 71.9 cm³/mol. The molecule has 0 aliphatic carbocycles. The summed E-state index contributed by atoms with van der Waals surface area (Å²) in [4.78, 5) is 13.5. The van der Waals surface area contributed by atoms with Crippen molar-refractivity contribution in [1.82, 2.24) is 4.90 Å². The molecule has 0 rings (SSSR count). The van der Waals surface area contributed by atoms with E-state index in [1.807, 2.05) is 0 Å². The van der Waals surface area contributed by atoms with E-state index >= 15 is 0 Å². The van der Waals surface area contributed by atoms with Gasteiger partial charge in [0.15, 0.2) is 0 Å². The maximum absolute atomic E-state index is 11.4. The summed E-state index contributed by atoms with van der Waals surface area (Å²) in [6, 6.07) is 0. The van der Waals surface area contributed by atoms with Crippen molar-refractivity contribution in [2.24, 2.45) is 0 Å². The lowest BCUT2D eigenvalue weighted by Crippen LogP contribution is -2.27. The smallest absolute Gasteiger partial charge is 0.307 e. The average molecular weight is 243 g/mol. The van der Waals surface area contributed by atoms with Crippen LogP contribution in [0, 0.1) is 0 Å². The van der Waals surface area contributed by atoms with Crippen LogP contribution in [-0.4, -0.2) is 30.7 Å². The molecule has 17 heavy (non-hydrogen) atoms. The quantitative estimate of drug-likeness (QED) is 0.315. The maximum atomic E-state index is 11.4. The third kappa shape index (κ3) is 10.3. The Kier molecular flexibility index (Phi) is 11.5. The SMILES string of the molecule is CCCCCCCCC(=O)OCN(CC)CC. The van der Waals surface area contributed by atoms with Crippen LogP contribution in [0.5, 0.6) is 0 Å². The summed E-state index contributed by atoms with van der Waals surface area (Å²) in [6.45, 7) is 8.67. The van der Waals surface area contributed by atoms with Gasteiger partial charge in [-0.15, -0.1) is 0 Å². The van der Waals surface area contributed by atoms with Gasteiger partial charge >= 0.3 is 5.97 Å². The van der Waals surface area contributed by atoms with Crippen molar-refractivity contribution in [2.45, 2.75) is 65.7 Å². The first-order chi connectivity index (χ1) is 8.24. The average Bonchev–Trinajstić information content (AvgIpc) is 2.35. The van der Waals surface area contributed by atoms with Gasteiger partial charge in [0.1, 0.15) is 6.73 Å². The normalized spacial score (nSPS) is 10.8. The van der Waals surface area contributed by atoms with E-state index in [1.165, 1.54) is 25.7 Å². The van der Waals surface area contributed by atoms with Crippen LogP contribution in [0.25, 0.3) is 0 Å². The van der Waals surface area contributed by atoms with Crippen molar-refractivity contribution in [3.8, 4) is 0 Å². The number of carbonyl (C=O) groups is 1. The molecule has 0 atom stereocenters. The highest BCUT2D eigenvalue weighted by atomic mass is 16.5. The van der Waals surface area contributed by atoms with Gasteiger partial charge in [0.05, 0.1) is 0 Å². The molecule has 0 aliphatic heterocycles. The van der Waals surface area contributed by atoms with Crippen LogP contribution in [-0.2, 0) is 9.53 Å². The van der Waals surface area contributed by atoms with Gasteiger partial charge in [-0.3, -0.25) is 9.69 Å². The minimum atomic E-state index is -0.0487. The van der Waals surface area contributed by atoms with Gasteiger partial charge in [-0.25, -0.2) is 0 Å². The molecule has 0 bridgehead atoms. The largest absolute Gasteiger partial charge is 0.449 e. The van der Waals surface area contributed by atoms with Crippen molar-refractivity contribution in [3.63, 3.8) is 0 Å². The zero-order chi connectivity index (χ0) is 12.9. The molecule has 0 radical (unpaired) electrons. The van der Waals surface area contributed by atoms with Crippen molar-refractivity contribution in [3.05, 3.63) is 0 Å². The second-order valence-electron chi connectivity index (χ2n) is 4.47. The second kappa shape index (κ2) is 11.9. The molecule has 0 aromatic heterocycles. The number of nitrogens with zero attached hydrogens (tertiary/aromatic N) is 1. The molecule has 3 nitrogen and oxygen atoms in total. The van der Waals surface area contributed by atoms with Gasteiger partial charge in [-0.05, 0) is 19.5 Å². The van der Waals surface area contributed by atoms with Crippen molar-refractivity contribution in [2.75, 3.05) is 19.8 Å². The molecule has 0 saturated carbocycles. The number of esters is 1. The van der Waals surface area contributed by atoms with E-state index in [9.17, 15) is 4.79 Å². The zero-order valence-corrected chi connectivity index (χ0v) is 11.8. The molecule has 102 valence electrons. The van der Waals surface area contributed by atoms with E-state index in [0.717, 1.165) is 25.9 Å². The van der Waals surface area contributed by atoms with Crippen LogP contribution in [0.3, 0.4) is 0 Å². The lowest BCUT2D eigenvalue weighted by Gasteiger charge is -2.17. The highest BCUT2D eigenvalue weighted by Gasteiger charge is 2.05. The fourth-order valence-electron chi connectivity index (χ4n) is 1.69. The van der Waals surface area contributed by atoms with Crippen molar-refractivity contribution >= 4 is 5.97 Å². The van der Waals surface area contributed by atoms with Gasteiger partial charge < -0.3 is 4.74 Å². The highest BCUT2D eigenvalue weighted by Crippen LogP contribution is 2.07. The second-order valence-corrected chi connectivity index (χ2v) is 4.47. The number of unbranched alkanes of at least 4 members (excludes halogenated alkanes) is 5. The predicted octanol–water partition coefficient (Wildman–Crippen LogP) is 3.58. The fraction of sp³-hybridized carbons (Fsp3) is 0.929. The Bertz CT molecular complexity index is 179. The topological polar surface area (TPSA) is 29.5 Å². The minimum absolute atomic E-state index is 0.0487. The number of ether oxygens (including phenoxy) is 1. The van der Waals surface area contributed by atoms with E-state index < -0.39 is 0 Å². The standard InChI is InChI=1S/C14H29NO2/c1-4-7-8-9-10-11-12-14(16)17-13-15(5-2)6-3/h4-13H2,1-3H3. The first kappa shape index (κ1) is 16.4. The molecule has 3 heteroatoms. The molecule has 0 N–H and O–H groups in total. The van der Waals surface area contributed by atoms with Crippen molar-refractivity contribution < 1.29 is 9.53 Å². The highest BCUT2D eigenvalue weighted by molar-refractivity contribution is 5.69. The van der Waals surface area contributed by atoms with E-state index in [2.05, 4.69) is 25.7 Å².